The van der Waals surface area contributed by atoms with Crippen LogP contribution in [0.15, 0.2) is 0 Å². The summed E-state index contributed by atoms with van der Waals surface area (Å²) in [6, 6.07) is -0.311. The van der Waals surface area contributed by atoms with Crippen molar-refractivity contribution in [1.82, 2.24) is 0 Å². The van der Waals surface area contributed by atoms with Crippen LogP contribution in [0.1, 0.15) is 97.8 Å². The topological polar surface area (TPSA) is 80.4 Å². The summed E-state index contributed by atoms with van der Waals surface area (Å²) < 4.78 is 0.165. The predicted molar refractivity (Wildman–Crippen MR) is 113 cm³/mol. The number of hydrogen-bond donors (Lipinski definition) is 2. The Morgan fingerprint density at radius 2 is 1.41 bits per heavy atom. The molecule has 3 N–H and O–H groups in total. The normalized spacial score (nSPS) is 13.6. The molecule has 160 valence electrons. The van der Waals surface area contributed by atoms with Crippen LogP contribution in [-0.4, -0.2) is 53.6 Å². The summed E-state index contributed by atoms with van der Waals surface area (Å²) in [5.41, 5.74) is 4.63. The fourth-order valence-corrected chi connectivity index (χ4v) is 3.57. The summed E-state index contributed by atoms with van der Waals surface area (Å²) >= 11 is 0. The van der Waals surface area contributed by atoms with Crippen molar-refractivity contribution in [3.63, 3.8) is 0 Å². The maximum absolute atomic E-state index is 12.9. The van der Waals surface area contributed by atoms with Crippen LogP contribution in [0.25, 0.3) is 0 Å². The van der Waals surface area contributed by atoms with Crippen LogP contribution in [0.5, 0.6) is 0 Å². The Balaban J connectivity index is 4.53. The number of carboxylic acid groups (broad SMARTS) is 1. The van der Waals surface area contributed by atoms with E-state index in [1.165, 1.54) is 44.9 Å². The smallest absolute Gasteiger partial charge is 0.365 e. The summed E-state index contributed by atoms with van der Waals surface area (Å²) in [7, 11) is 3.73. The molecule has 0 rings (SSSR count). The Morgan fingerprint density at radius 3 is 1.85 bits per heavy atom. The third-order valence-corrected chi connectivity index (χ3v) is 6.32. The average molecular weight is 386 g/mol. The number of carboxylic acids is 1. The quantitative estimate of drug-likeness (QED) is 0.285. The number of rotatable bonds is 17. The standard InChI is InChI=1S/C22H44N2O3/c1-6-7-8-9-10-11-12-13-14-17-20(25)19(16-15-18-23)24(4,5)22(2,3)21(26)27/h19H,6-18,23H2,1-5H3/p+1. The van der Waals surface area contributed by atoms with Crippen molar-refractivity contribution in [3.05, 3.63) is 0 Å². The predicted octanol–water partition coefficient (Wildman–Crippen LogP) is 4.52. The molecule has 0 heterocycles. The van der Waals surface area contributed by atoms with Gasteiger partial charge in [0.25, 0.3) is 0 Å². The highest BCUT2D eigenvalue weighted by Crippen LogP contribution is 2.28. The molecule has 0 aliphatic rings. The summed E-state index contributed by atoms with van der Waals surface area (Å²) in [5.74, 6) is -0.688. The zero-order valence-electron chi connectivity index (χ0n) is 18.6. The molecule has 0 saturated carbocycles. The number of unbranched alkanes of at least 4 members (excludes halogenated alkanes) is 8. The lowest BCUT2D eigenvalue weighted by Gasteiger charge is -2.46. The molecular weight excluding hydrogens is 340 g/mol. The first-order valence-corrected chi connectivity index (χ1v) is 10.9. The number of aliphatic carboxylic acids is 1. The molecule has 1 atom stereocenters. The minimum atomic E-state index is -1.02. The first-order chi connectivity index (χ1) is 12.6. The number of carbonyl (C=O) groups excluding carboxylic acids is 1. The van der Waals surface area contributed by atoms with Crippen LogP contribution in [0.2, 0.25) is 0 Å². The average Bonchev–Trinajstić information content (AvgIpc) is 2.60. The van der Waals surface area contributed by atoms with E-state index in [0.717, 1.165) is 19.3 Å². The number of hydrogen-bond acceptors (Lipinski definition) is 3. The molecule has 0 amide bonds. The van der Waals surface area contributed by atoms with Crippen molar-refractivity contribution < 1.29 is 19.2 Å². The summed E-state index contributed by atoms with van der Waals surface area (Å²) in [6.07, 6.45) is 12.9. The monoisotopic (exact) mass is 385 g/mol. The van der Waals surface area contributed by atoms with E-state index in [2.05, 4.69) is 6.92 Å². The molecule has 0 saturated heterocycles. The molecule has 0 spiro atoms. The van der Waals surface area contributed by atoms with Gasteiger partial charge < -0.3 is 15.3 Å². The second kappa shape index (κ2) is 13.3. The van der Waals surface area contributed by atoms with Crippen molar-refractivity contribution in [2.24, 2.45) is 5.73 Å². The molecule has 0 aromatic rings. The maximum atomic E-state index is 12.9. The first kappa shape index (κ1) is 26.1. The van der Waals surface area contributed by atoms with Crippen LogP contribution < -0.4 is 5.73 Å². The lowest BCUT2D eigenvalue weighted by atomic mass is 9.91. The fourth-order valence-electron chi connectivity index (χ4n) is 3.57. The van der Waals surface area contributed by atoms with Gasteiger partial charge in [0.1, 0.15) is 6.04 Å². The van der Waals surface area contributed by atoms with E-state index in [-0.39, 0.29) is 16.3 Å². The van der Waals surface area contributed by atoms with Crippen LogP contribution in [0.4, 0.5) is 0 Å². The van der Waals surface area contributed by atoms with Crippen LogP contribution >= 0.6 is 0 Å². The Kier molecular flexibility index (Phi) is 12.8. The lowest BCUT2D eigenvalue weighted by molar-refractivity contribution is -0.943. The van der Waals surface area contributed by atoms with Gasteiger partial charge in [0.2, 0.25) is 0 Å². The number of ketones is 1. The van der Waals surface area contributed by atoms with Crippen molar-refractivity contribution in [1.29, 1.82) is 0 Å². The number of nitrogens with two attached hydrogens (primary N) is 1. The molecule has 0 radical (unpaired) electrons. The van der Waals surface area contributed by atoms with E-state index in [0.29, 0.717) is 19.4 Å². The van der Waals surface area contributed by atoms with Gasteiger partial charge in [-0.3, -0.25) is 4.79 Å². The van der Waals surface area contributed by atoms with Gasteiger partial charge in [-0.15, -0.1) is 0 Å². The van der Waals surface area contributed by atoms with Gasteiger partial charge in [0.15, 0.2) is 11.3 Å². The molecule has 0 bridgehead atoms. The molecule has 0 aromatic heterocycles. The minimum absolute atomic E-state index is 0.165. The molecule has 0 aliphatic carbocycles. The largest absolute Gasteiger partial charge is 0.477 e. The van der Waals surface area contributed by atoms with Crippen molar-refractivity contribution in [2.45, 2.75) is 109 Å². The Labute approximate surface area is 167 Å². The molecular formula is C22H45N2O3+. The number of quaternary nitrogens is 1. The first-order valence-electron chi connectivity index (χ1n) is 10.9. The Hall–Kier alpha value is -0.940. The second-order valence-corrected chi connectivity index (χ2v) is 8.90. The van der Waals surface area contributed by atoms with Gasteiger partial charge in [-0.05, 0) is 19.4 Å². The van der Waals surface area contributed by atoms with Crippen molar-refractivity contribution in [2.75, 3.05) is 20.6 Å². The number of carbonyl (C=O) groups is 2. The van der Waals surface area contributed by atoms with E-state index >= 15 is 0 Å². The molecule has 27 heavy (non-hydrogen) atoms. The molecule has 5 heteroatoms. The van der Waals surface area contributed by atoms with Crippen LogP contribution in [0, 0.1) is 0 Å². The Morgan fingerprint density at radius 1 is 0.926 bits per heavy atom. The zero-order chi connectivity index (χ0) is 20.9. The van der Waals surface area contributed by atoms with Gasteiger partial charge in [-0.25, -0.2) is 4.79 Å². The number of likely N-dealkylation sites (N-methyl/N-ethyl adjacent to an activating group) is 1. The number of nitrogens with zero attached hydrogens (tertiary/aromatic N) is 1. The SMILES string of the molecule is CCCCCCCCCCCC(=O)C(CCCN)[N+](C)(C)C(C)(C)C(=O)O. The highest BCUT2D eigenvalue weighted by Gasteiger charge is 2.50. The van der Waals surface area contributed by atoms with Gasteiger partial charge in [0.05, 0.1) is 14.1 Å². The summed E-state index contributed by atoms with van der Waals surface area (Å²) in [5, 5.41) is 9.63. The van der Waals surface area contributed by atoms with E-state index in [1.807, 2.05) is 14.1 Å². The second-order valence-electron chi connectivity index (χ2n) is 8.90. The van der Waals surface area contributed by atoms with Crippen LogP contribution in [0.3, 0.4) is 0 Å². The summed E-state index contributed by atoms with van der Waals surface area (Å²) in [4.78, 5) is 24.7. The fraction of sp³-hybridized carbons (Fsp3) is 0.909. The van der Waals surface area contributed by atoms with Gasteiger partial charge in [-0.1, -0.05) is 58.3 Å². The van der Waals surface area contributed by atoms with Crippen molar-refractivity contribution in [3.8, 4) is 0 Å². The van der Waals surface area contributed by atoms with E-state index in [1.54, 1.807) is 13.8 Å². The zero-order valence-corrected chi connectivity index (χ0v) is 18.6. The molecule has 0 aliphatic heterocycles. The molecule has 0 fully saturated rings. The third kappa shape index (κ3) is 8.73. The van der Waals surface area contributed by atoms with E-state index < -0.39 is 11.5 Å². The van der Waals surface area contributed by atoms with Crippen LogP contribution in [-0.2, 0) is 9.59 Å². The summed E-state index contributed by atoms with van der Waals surface area (Å²) in [6.45, 7) is 6.16. The highest BCUT2D eigenvalue weighted by molar-refractivity contribution is 5.84. The van der Waals surface area contributed by atoms with Gasteiger partial charge in [-0.2, -0.15) is 0 Å². The van der Waals surface area contributed by atoms with E-state index in [9.17, 15) is 14.7 Å². The molecule has 0 aromatic carbocycles. The lowest BCUT2D eigenvalue weighted by Crippen LogP contribution is -2.67. The van der Waals surface area contributed by atoms with Crippen molar-refractivity contribution >= 4 is 11.8 Å². The maximum Gasteiger partial charge on any atom is 0.365 e. The van der Waals surface area contributed by atoms with Gasteiger partial charge >= 0.3 is 5.97 Å². The van der Waals surface area contributed by atoms with Gasteiger partial charge in [0, 0.05) is 26.7 Å². The molecule has 5 nitrogen and oxygen atoms in total. The third-order valence-electron chi connectivity index (χ3n) is 6.32. The van der Waals surface area contributed by atoms with E-state index in [4.69, 9.17) is 5.73 Å². The Bertz CT molecular complexity index is 433. The molecule has 1 unspecified atom stereocenters. The number of Topliss-reactive ketones (excluding diaryl/α,β-unsaturated/α-hetero) is 1. The highest BCUT2D eigenvalue weighted by atomic mass is 16.4. The minimum Gasteiger partial charge on any atom is -0.477 e.